The van der Waals surface area contributed by atoms with Gasteiger partial charge in [-0.25, -0.2) is 17.5 Å². The van der Waals surface area contributed by atoms with Gasteiger partial charge in [0.1, 0.15) is 5.82 Å². The maximum atomic E-state index is 13.5. The van der Waals surface area contributed by atoms with Gasteiger partial charge in [0, 0.05) is 34.0 Å². The van der Waals surface area contributed by atoms with Crippen LogP contribution in [0.2, 0.25) is 0 Å². The third-order valence-corrected chi connectivity index (χ3v) is 6.21. The van der Waals surface area contributed by atoms with Gasteiger partial charge in [-0.05, 0) is 40.2 Å². The highest BCUT2D eigenvalue weighted by Gasteiger charge is 2.18. The van der Waals surface area contributed by atoms with E-state index in [0.29, 0.717) is 14.5 Å². The van der Waals surface area contributed by atoms with Crippen LogP contribution in [0.15, 0.2) is 56.3 Å². The first-order valence-corrected chi connectivity index (χ1v) is 10.3. The van der Waals surface area contributed by atoms with Gasteiger partial charge in [0.25, 0.3) is 0 Å². The predicted molar refractivity (Wildman–Crippen MR) is 99.9 cm³/mol. The fraction of sp³-hybridized carbons (Fsp3) is 0.188. The zero-order valence-corrected chi connectivity index (χ0v) is 16.9. The third-order valence-electron chi connectivity index (χ3n) is 3.26. The van der Waals surface area contributed by atoms with Crippen LogP contribution in [0.1, 0.15) is 12.0 Å². The molecule has 9 heteroatoms. The number of benzene rings is 2. The average molecular weight is 494 g/mol. The second-order valence-electron chi connectivity index (χ2n) is 5.09. The van der Waals surface area contributed by atoms with Crippen molar-refractivity contribution in [2.75, 3.05) is 6.54 Å². The molecule has 0 aliphatic heterocycles. The molecule has 0 heterocycles. The van der Waals surface area contributed by atoms with E-state index in [1.54, 1.807) is 30.3 Å². The van der Waals surface area contributed by atoms with E-state index in [1.807, 2.05) is 0 Å². The lowest BCUT2D eigenvalue weighted by molar-refractivity contribution is -0.121. The van der Waals surface area contributed by atoms with Crippen molar-refractivity contribution in [3.8, 4) is 0 Å². The van der Waals surface area contributed by atoms with Crippen molar-refractivity contribution in [2.45, 2.75) is 17.9 Å². The van der Waals surface area contributed by atoms with Gasteiger partial charge in [-0.1, -0.05) is 34.1 Å². The van der Waals surface area contributed by atoms with Crippen LogP contribution in [0.5, 0.6) is 0 Å². The van der Waals surface area contributed by atoms with Crippen molar-refractivity contribution in [3.63, 3.8) is 0 Å². The molecule has 5 nitrogen and oxygen atoms in total. The third kappa shape index (κ3) is 5.88. The van der Waals surface area contributed by atoms with E-state index < -0.39 is 15.8 Å². The fourth-order valence-corrected chi connectivity index (χ4v) is 4.52. The quantitative estimate of drug-likeness (QED) is 0.621. The van der Waals surface area contributed by atoms with Gasteiger partial charge in [-0.2, -0.15) is 0 Å². The first-order valence-electron chi connectivity index (χ1n) is 7.24. The Balaban J connectivity index is 1.86. The zero-order chi connectivity index (χ0) is 18.4. The molecule has 0 saturated heterocycles. The number of nitrogens with one attached hydrogen (secondary N) is 2. The Hall–Kier alpha value is -1.29. The Bertz CT molecular complexity index is 875. The van der Waals surface area contributed by atoms with Gasteiger partial charge in [-0.3, -0.25) is 4.79 Å². The highest BCUT2D eigenvalue weighted by molar-refractivity contribution is 9.11. The van der Waals surface area contributed by atoms with Gasteiger partial charge < -0.3 is 5.32 Å². The monoisotopic (exact) mass is 492 g/mol. The van der Waals surface area contributed by atoms with Crippen LogP contribution in [0.4, 0.5) is 4.39 Å². The van der Waals surface area contributed by atoms with Crippen molar-refractivity contribution < 1.29 is 17.6 Å². The average Bonchev–Trinajstić information content (AvgIpc) is 2.56. The Labute approximate surface area is 162 Å². The summed E-state index contributed by atoms with van der Waals surface area (Å²) in [4.78, 5) is 11.9. The molecule has 0 radical (unpaired) electrons. The summed E-state index contributed by atoms with van der Waals surface area (Å²) in [6.07, 6.45) is -0.0562. The molecule has 0 atom stereocenters. The number of rotatable bonds is 7. The molecule has 2 rings (SSSR count). The van der Waals surface area contributed by atoms with E-state index in [0.717, 1.165) is 0 Å². The lowest BCUT2D eigenvalue weighted by atomic mass is 10.2. The van der Waals surface area contributed by atoms with Gasteiger partial charge in [0.05, 0.1) is 4.90 Å². The van der Waals surface area contributed by atoms with Crippen molar-refractivity contribution in [1.82, 2.24) is 10.0 Å². The summed E-state index contributed by atoms with van der Waals surface area (Å²) < 4.78 is 41.4. The summed E-state index contributed by atoms with van der Waals surface area (Å²) in [5, 5.41) is 2.56. The molecule has 2 aromatic carbocycles. The summed E-state index contributed by atoms with van der Waals surface area (Å²) >= 11 is 6.41. The molecule has 0 fully saturated rings. The molecule has 0 aliphatic rings. The molecule has 0 bridgehead atoms. The van der Waals surface area contributed by atoms with E-state index in [4.69, 9.17) is 0 Å². The number of carbonyl (C=O) groups is 1. The van der Waals surface area contributed by atoms with Crippen LogP contribution < -0.4 is 10.0 Å². The molecule has 0 aromatic heterocycles. The topological polar surface area (TPSA) is 75.3 Å². The number of sulfonamides is 1. The second kappa shape index (κ2) is 8.88. The Kier molecular flexibility index (Phi) is 7.12. The summed E-state index contributed by atoms with van der Waals surface area (Å²) in [7, 11) is -3.75. The van der Waals surface area contributed by atoms with Gasteiger partial charge >= 0.3 is 0 Å². The van der Waals surface area contributed by atoms with Crippen LogP contribution in [-0.4, -0.2) is 20.9 Å². The van der Waals surface area contributed by atoms with Crippen molar-refractivity contribution >= 4 is 47.8 Å². The second-order valence-corrected chi connectivity index (χ2v) is 8.60. The summed E-state index contributed by atoms with van der Waals surface area (Å²) in [6, 6.07) is 10.9. The van der Waals surface area contributed by atoms with E-state index >= 15 is 0 Å². The number of carbonyl (C=O) groups excluding carboxylic acids is 1. The Morgan fingerprint density at radius 1 is 1.12 bits per heavy atom. The van der Waals surface area contributed by atoms with Crippen LogP contribution in [-0.2, 0) is 21.4 Å². The van der Waals surface area contributed by atoms with E-state index in [9.17, 15) is 17.6 Å². The molecule has 2 N–H and O–H groups in total. The van der Waals surface area contributed by atoms with Gasteiger partial charge in [0.2, 0.25) is 15.9 Å². The molecular formula is C16H15Br2FN2O3S. The normalized spacial score (nSPS) is 11.3. The van der Waals surface area contributed by atoms with Crippen molar-refractivity contribution in [2.24, 2.45) is 0 Å². The maximum Gasteiger partial charge on any atom is 0.241 e. The molecule has 134 valence electrons. The van der Waals surface area contributed by atoms with Crippen LogP contribution >= 0.6 is 31.9 Å². The first-order chi connectivity index (χ1) is 11.8. The van der Waals surface area contributed by atoms with Gasteiger partial charge in [0.15, 0.2) is 0 Å². The number of hydrogen-bond donors (Lipinski definition) is 2. The highest BCUT2D eigenvalue weighted by atomic mass is 79.9. The standard InChI is InChI=1S/C16H15Br2FN2O3S/c17-12-5-6-13(18)15(9-12)25(23,24)21-8-7-16(22)20-10-11-3-1-2-4-14(11)19/h1-6,9,21H,7-8,10H2,(H,20,22). The number of amides is 1. The maximum absolute atomic E-state index is 13.5. The summed E-state index contributed by atoms with van der Waals surface area (Å²) in [5.74, 6) is -0.776. The number of hydrogen-bond acceptors (Lipinski definition) is 3. The minimum absolute atomic E-state index is 0.0510. The van der Waals surface area contributed by atoms with E-state index in [1.165, 1.54) is 12.1 Å². The lowest BCUT2D eigenvalue weighted by Gasteiger charge is -2.09. The molecule has 0 unspecified atom stereocenters. The predicted octanol–water partition coefficient (Wildman–Crippen LogP) is 3.34. The molecule has 1 amide bonds. The number of halogens is 3. The molecule has 0 saturated carbocycles. The van der Waals surface area contributed by atoms with Crippen molar-refractivity contribution in [3.05, 3.63) is 62.8 Å². The van der Waals surface area contributed by atoms with Gasteiger partial charge in [-0.15, -0.1) is 0 Å². The minimum Gasteiger partial charge on any atom is -0.352 e. The van der Waals surface area contributed by atoms with Crippen molar-refractivity contribution in [1.29, 1.82) is 0 Å². The van der Waals surface area contributed by atoms with E-state index in [2.05, 4.69) is 41.9 Å². The zero-order valence-electron chi connectivity index (χ0n) is 12.9. The molecule has 25 heavy (non-hydrogen) atoms. The fourth-order valence-electron chi connectivity index (χ4n) is 1.98. The summed E-state index contributed by atoms with van der Waals surface area (Å²) in [6.45, 7) is -0.0141. The molecule has 0 aliphatic carbocycles. The molecular weight excluding hydrogens is 479 g/mol. The Morgan fingerprint density at radius 3 is 2.56 bits per heavy atom. The van der Waals surface area contributed by atoms with Crippen LogP contribution in [0.3, 0.4) is 0 Å². The smallest absolute Gasteiger partial charge is 0.241 e. The molecule has 2 aromatic rings. The largest absolute Gasteiger partial charge is 0.352 e. The summed E-state index contributed by atoms with van der Waals surface area (Å²) in [5.41, 5.74) is 0.370. The first kappa shape index (κ1) is 20.0. The SMILES string of the molecule is O=C(CCNS(=O)(=O)c1cc(Br)ccc1Br)NCc1ccccc1F. The Morgan fingerprint density at radius 2 is 1.84 bits per heavy atom. The lowest BCUT2D eigenvalue weighted by Crippen LogP contribution is -2.30. The van der Waals surface area contributed by atoms with Crippen LogP contribution in [0.25, 0.3) is 0 Å². The highest BCUT2D eigenvalue weighted by Crippen LogP contribution is 2.25. The van der Waals surface area contributed by atoms with Crippen LogP contribution in [0, 0.1) is 5.82 Å². The minimum atomic E-state index is -3.75. The molecule has 0 spiro atoms. The van der Waals surface area contributed by atoms with E-state index in [-0.39, 0.29) is 30.3 Å².